The molecule has 3 aliphatic rings. The number of carbonyl (C=O) groups excluding carboxylic acids is 1. The number of methoxy groups -OCH3 is 1. The molecule has 34 heavy (non-hydrogen) atoms. The zero-order valence-electron chi connectivity index (χ0n) is 18.8. The molecule has 2 saturated heterocycles. The second kappa shape index (κ2) is 8.28. The molecule has 2 fully saturated rings. The smallest absolute Gasteiger partial charge is 0.270 e. The highest BCUT2D eigenvalue weighted by Crippen LogP contribution is 2.34. The van der Waals surface area contributed by atoms with E-state index in [0.717, 1.165) is 25.1 Å². The summed E-state index contributed by atoms with van der Waals surface area (Å²) in [5.41, 5.74) is 1.97. The van der Waals surface area contributed by atoms with Gasteiger partial charge in [0.25, 0.3) is 5.56 Å². The van der Waals surface area contributed by atoms with Gasteiger partial charge in [-0.15, -0.1) is 0 Å². The first-order chi connectivity index (χ1) is 16.6. The lowest BCUT2D eigenvalue weighted by Gasteiger charge is -2.31. The molecule has 10 nitrogen and oxygen atoms in total. The first-order valence-corrected chi connectivity index (χ1v) is 11.4. The maximum Gasteiger partial charge on any atom is 0.270 e. The number of carbonyl (C=O) groups is 1. The van der Waals surface area contributed by atoms with Gasteiger partial charge in [0.1, 0.15) is 19.0 Å². The van der Waals surface area contributed by atoms with E-state index in [2.05, 4.69) is 14.9 Å². The Balaban J connectivity index is 1.23. The molecular formula is C24H25N5O5. The van der Waals surface area contributed by atoms with Gasteiger partial charge in [-0.2, -0.15) is 0 Å². The summed E-state index contributed by atoms with van der Waals surface area (Å²) in [6.07, 6.45) is 4.58. The highest BCUT2D eigenvalue weighted by molar-refractivity contribution is 5.85. The monoisotopic (exact) mass is 463 g/mol. The van der Waals surface area contributed by atoms with E-state index in [1.54, 1.807) is 17.9 Å². The van der Waals surface area contributed by atoms with Crippen LogP contribution in [0.1, 0.15) is 18.5 Å². The van der Waals surface area contributed by atoms with Gasteiger partial charge in [0.2, 0.25) is 5.91 Å². The van der Waals surface area contributed by atoms with Crippen molar-refractivity contribution in [2.45, 2.75) is 38.1 Å². The van der Waals surface area contributed by atoms with Gasteiger partial charge < -0.3 is 19.1 Å². The first kappa shape index (κ1) is 20.9. The van der Waals surface area contributed by atoms with E-state index in [9.17, 15) is 9.59 Å². The third kappa shape index (κ3) is 3.54. The van der Waals surface area contributed by atoms with Gasteiger partial charge in [-0.1, -0.05) is 0 Å². The van der Waals surface area contributed by atoms with Gasteiger partial charge in [0, 0.05) is 24.7 Å². The van der Waals surface area contributed by atoms with E-state index in [1.165, 1.54) is 6.20 Å². The average molecular weight is 463 g/mol. The average Bonchev–Trinajstić information content (AvgIpc) is 3.12. The summed E-state index contributed by atoms with van der Waals surface area (Å²) in [6, 6.07) is 7.22. The minimum absolute atomic E-state index is 0.0724. The molecular weight excluding hydrogens is 438 g/mol. The van der Waals surface area contributed by atoms with E-state index >= 15 is 0 Å². The van der Waals surface area contributed by atoms with Gasteiger partial charge in [0.15, 0.2) is 11.5 Å². The van der Waals surface area contributed by atoms with E-state index in [1.807, 2.05) is 29.2 Å². The third-order valence-electron chi connectivity index (χ3n) is 6.89. The predicted molar refractivity (Wildman–Crippen MR) is 122 cm³/mol. The molecule has 0 radical (unpaired) electrons. The van der Waals surface area contributed by atoms with Crippen LogP contribution in [0, 0.1) is 0 Å². The largest absolute Gasteiger partial charge is 0.497 e. The normalized spacial score (nSPS) is 21.8. The van der Waals surface area contributed by atoms with Crippen molar-refractivity contribution in [3.05, 3.63) is 52.7 Å². The lowest BCUT2D eigenvalue weighted by molar-refractivity contribution is -0.132. The summed E-state index contributed by atoms with van der Waals surface area (Å²) >= 11 is 0. The summed E-state index contributed by atoms with van der Waals surface area (Å²) in [5, 5.41) is 0. The molecule has 1 aromatic carbocycles. The molecule has 0 N–H and O–H groups in total. The van der Waals surface area contributed by atoms with E-state index in [0.29, 0.717) is 54.7 Å². The molecule has 2 atom stereocenters. The number of nitrogens with zero attached hydrogens (tertiary/aromatic N) is 5. The first-order valence-electron chi connectivity index (χ1n) is 11.4. The van der Waals surface area contributed by atoms with Crippen LogP contribution in [0.2, 0.25) is 0 Å². The number of hydrogen-bond donors (Lipinski definition) is 0. The van der Waals surface area contributed by atoms with Crippen molar-refractivity contribution in [3.8, 4) is 17.2 Å². The molecule has 5 heterocycles. The van der Waals surface area contributed by atoms with Crippen LogP contribution in [0.5, 0.6) is 17.2 Å². The van der Waals surface area contributed by atoms with Crippen molar-refractivity contribution >= 4 is 16.9 Å². The number of benzene rings is 1. The summed E-state index contributed by atoms with van der Waals surface area (Å²) in [5.74, 6) is 2.04. The number of fused-ring (bicyclic) bond motifs is 4. The zero-order valence-corrected chi connectivity index (χ0v) is 18.8. The zero-order chi connectivity index (χ0) is 23.2. The molecule has 0 spiro atoms. The van der Waals surface area contributed by atoms with Crippen molar-refractivity contribution in [1.82, 2.24) is 24.3 Å². The number of rotatable bonds is 5. The molecule has 0 aliphatic carbocycles. The Bertz CT molecular complexity index is 1320. The van der Waals surface area contributed by atoms with Crippen LogP contribution in [0.4, 0.5) is 0 Å². The number of aromatic nitrogens is 3. The van der Waals surface area contributed by atoms with E-state index < -0.39 is 0 Å². The molecule has 3 aliphatic heterocycles. The molecule has 3 aromatic rings. The van der Waals surface area contributed by atoms with Gasteiger partial charge in [-0.05, 0) is 25.0 Å². The summed E-state index contributed by atoms with van der Waals surface area (Å²) in [6.45, 7) is 2.50. The lowest BCUT2D eigenvalue weighted by Crippen LogP contribution is -2.44. The second-order valence-electron chi connectivity index (χ2n) is 8.81. The number of likely N-dealkylation sites (tertiary alicyclic amines) is 2. The Morgan fingerprint density at radius 3 is 2.79 bits per heavy atom. The van der Waals surface area contributed by atoms with Crippen molar-refractivity contribution in [3.63, 3.8) is 0 Å². The van der Waals surface area contributed by atoms with Gasteiger partial charge in [-0.25, -0.2) is 4.98 Å². The van der Waals surface area contributed by atoms with E-state index in [-0.39, 0.29) is 23.6 Å². The van der Waals surface area contributed by atoms with Gasteiger partial charge in [0.05, 0.1) is 55.5 Å². The Labute approximate surface area is 195 Å². The minimum atomic E-state index is -0.267. The molecule has 2 bridgehead atoms. The second-order valence-corrected chi connectivity index (χ2v) is 8.81. The van der Waals surface area contributed by atoms with Crippen LogP contribution in [-0.2, 0) is 18.0 Å². The number of piperidine rings is 1. The van der Waals surface area contributed by atoms with Crippen molar-refractivity contribution in [2.75, 3.05) is 26.9 Å². The lowest BCUT2D eigenvalue weighted by atomic mass is 10.0. The molecule has 1 amide bonds. The fraction of sp³-hybridized carbons (Fsp3) is 0.417. The number of amides is 1. The van der Waals surface area contributed by atoms with Crippen LogP contribution in [0.15, 0.2) is 41.5 Å². The third-order valence-corrected chi connectivity index (χ3v) is 6.89. The van der Waals surface area contributed by atoms with Crippen LogP contribution < -0.4 is 19.8 Å². The standard InChI is InChI=1S/C24H25N5O5/c1-32-17-2-3-18-19(10-17)29(23(30)12-26-18)14-27-5-4-16-9-20(27)24(31)28(16)13-15-8-21-22(11-25-15)34-7-6-33-21/h2-3,8,10-12,16,20H,4-7,9,13-14H2,1H3. The number of pyridine rings is 1. The minimum Gasteiger partial charge on any atom is -0.497 e. The Morgan fingerprint density at radius 2 is 1.94 bits per heavy atom. The quantitative estimate of drug-likeness (QED) is 0.560. The molecule has 6 rings (SSSR count). The maximum atomic E-state index is 13.4. The van der Waals surface area contributed by atoms with Crippen LogP contribution in [-0.4, -0.2) is 69.2 Å². The Hall–Kier alpha value is -3.66. The van der Waals surface area contributed by atoms with Gasteiger partial charge >= 0.3 is 0 Å². The SMILES string of the molecule is COc1ccc2ncc(=O)n(CN3CCC4CC3C(=O)N4Cc3cc4c(cn3)OCCO4)c2c1. The molecule has 0 saturated carbocycles. The van der Waals surface area contributed by atoms with Crippen LogP contribution in [0.3, 0.4) is 0 Å². The summed E-state index contributed by atoms with van der Waals surface area (Å²) in [7, 11) is 1.59. The fourth-order valence-electron chi connectivity index (χ4n) is 5.13. The maximum absolute atomic E-state index is 13.4. The van der Waals surface area contributed by atoms with Crippen molar-refractivity contribution in [2.24, 2.45) is 0 Å². The van der Waals surface area contributed by atoms with Gasteiger partial charge in [-0.3, -0.25) is 24.0 Å². The van der Waals surface area contributed by atoms with E-state index in [4.69, 9.17) is 14.2 Å². The molecule has 2 aromatic heterocycles. The Kier molecular flexibility index (Phi) is 5.09. The van der Waals surface area contributed by atoms with Crippen LogP contribution in [0.25, 0.3) is 11.0 Å². The summed E-state index contributed by atoms with van der Waals surface area (Å²) < 4.78 is 18.2. The van der Waals surface area contributed by atoms with Crippen molar-refractivity contribution in [1.29, 1.82) is 0 Å². The topological polar surface area (TPSA) is 99.0 Å². The predicted octanol–water partition coefficient (Wildman–Crippen LogP) is 1.40. The van der Waals surface area contributed by atoms with Crippen LogP contribution >= 0.6 is 0 Å². The molecule has 10 heteroatoms. The molecule has 176 valence electrons. The van der Waals surface area contributed by atoms with Crippen molar-refractivity contribution < 1.29 is 19.0 Å². The number of hydrogen-bond acceptors (Lipinski definition) is 8. The molecule has 2 unspecified atom stereocenters. The highest BCUT2D eigenvalue weighted by Gasteiger charge is 2.46. The Morgan fingerprint density at radius 1 is 1.09 bits per heavy atom. The number of ether oxygens (including phenoxy) is 3. The fourth-order valence-corrected chi connectivity index (χ4v) is 5.13. The summed E-state index contributed by atoms with van der Waals surface area (Å²) in [4.78, 5) is 38.9. The highest BCUT2D eigenvalue weighted by atomic mass is 16.6.